The molecule has 0 heterocycles. The second-order valence-corrected chi connectivity index (χ2v) is 4.53. The van der Waals surface area contributed by atoms with E-state index in [1.54, 1.807) is 6.92 Å². The van der Waals surface area contributed by atoms with Crippen molar-refractivity contribution >= 4 is 34.3 Å². The summed E-state index contributed by atoms with van der Waals surface area (Å²) in [5, 5.41) is 0. The molecule has 0 spiro atoms. The van der Waals surface area contributed by atoms with Gasteiger partial charge in [0.05, 0.1) is 11.4 Å². The molecule has 0 fully saturated rings. The van der Waals surface area contributed by atoms with Gasteiger partial charge >= 0.3 is 0 Å². The van der Waals surface area contributed by atoms with Crippen molar-refractivity contribution in [2.45, 2.75) is 23.6 Å². The minimum absolute atomic E-state index is 0.0758. The second-order valence-electron chi connectivity index (χ2n) is 3.13. The first-order valence-corrected chi connectivity index (χ1v) is 6.02. The van der Waals surface area contributed by atoms with Gasteiger partial charge in [0.25, 0.3) is 0 Å². The van der Waals surface area contributed by atoms with Crippen LogP contribution in [0.1, 0.15) is 24.2 Å². The molecule has 0 saturated carbocycles. The molecule has 0 saturated heterocycles. The van der Waals surface area contributed by atoms with E-state index in [9.17, 15) is 4.79 Å². The minimum Gasteiger partial charge on any atom is -0.493 e. The van der Waals surface area contributed by atoms with E-state index < -0.39 is 0 Å². The number of halogens is 1. The fourth-order valence-electron chi connectivity index (χ4n) is 1.20. The van der Waals surface area contributed by atoms with Crippen molar-refractivity contribution in [2.75, 3.05) is 6.61 Å². The van der Waals surface area contributed by atoms with E-state index in [2.05, 4.69) is 28.6 Å². The Morgan fingerprint density at radius 3 is 2.73 bits per heavy atom. The zero-order chi connectivity index (χ0) is 11.4. The molecule has 0 aliphatic heterocycles. The molecular weight excluding hydrogens is 276 g/mol. The normalized spacial score (nSPS) is 12.3. The van der Waals surface area contributed by atoms with E-state index in [-0.39, 0.29) is 10.6 Å². The molecule has 0 aliphatic carbocycles. The average molecular weight is 289 g/mol. The summed E-state index contributed by atoms with van der Waals surface area (Å²) in [7, 11) is 0. The van der Waals surface area contributed by atoms with Gasteiger partial charge in [-0.1, -0.05) is 22.0 Å². The van der Waals surface area contributed by atoms with E-state index in [0.717, 1.165) is 16.2 Å². The van der Waals surface area contributed by atoms with Crippen LogP contribution < -0.4 is 4.74 Å². The molecule has 1 unspecified atom stereocenters. The van der Waals surface area contributed by atoms with Crippen molar-refractivity contribution in [3.05, 3.63) is 23.8 Å². The molecule has 1 aromatic carbocycles. The van der Waals surface area contributed by atoms with E-state index in [4.69, 9.17) is 4.74 Å². The van der Waals surface area contributed by atoms with Crippen LogP contribution in [0.2, 0.25) is 0 Å². The van der Waals surface area contributed by atoms with Crippen molar-refractivity contribution in [1.29, 1.82) is 0 Å². The topological polar surface area (TPSA) is 26.3 Å². The molecular formula is C11H13BrO2S. The summed E-state index contributed by atoms with van der Waals surface area (Å²) in [5.74, 6) is 0.819. The third-order valence-electron chi connectivity index (χ3n) is 1.93. The number of ether oxygens (including phenoxy) is 1. The van der Waals surface area contributed by atoms with Gasteiger partial charge in [0.15, 0.2) is 0 Å². The number of benzene rings is 1. The third-order valence-corrected chi connectivity index (χ3v) is 3.46. The summed E-state index contributed by atoms with van der Waals surface area (Å²) in [5.41, 5.74) is 0.899. The molecule has 1 aromatic rings. The fourth-order valence-corrected chi connectivity index (χ4v) is 1.78. The Kier molecular flexibility index (Phi) is 4.67. The zero-order valence-electron chi connectivity index (χ0n) is 8.66. The van der Waals surface area contributed by atoms with Crippen molar-refractivity contribution < 1.29 is 9.53 Å². The summed E-state index contributed by atoms with van der Waals surface area (Å²) in [6.45, 7) is 4.08. The number of carbonyl (C=O) groups excluding carboxylic acids is 1. The van der Waals surface area contributed by atoms with Crippen LogP contribution in [-0.2, 0) is 4.79 Å². The second kappa shape index (κ2) is 5.56. The van der Waals surface area contributed by atoms with Crippen LogP contribution in [0.3, 0.4) is 0 Å². The first kappa shape index (κ1) is 12.6. The largest absolute Gasteiger partial charge is 0.493 e. The van der Waals surface area contributed by atoms with Gasteiger partial charge in [-0.2, -0.15) is 0 Å². The summed E-state index contributed by atoms with van der Waals surface area (Å²) in [6.07, 6.45) is 0. The van der Waals surface area contributed by atoms with E-state index in [1.807, 2.05) is 25.1 Å². The molecule has 2 nitrogen and oxygen atoms in total. The molecule has 0 radical (unpaired) electrons. The summed E-state index contributed by atoms with van der Waals surface area (Å²) >= 11 is 7.63. The van der Waals surface area contributed by atoms with Crippen molar-refractivity contribution in [2.24, 2.45) is 0 Å². The summed E-state index contributed by atoms with van der Waals surface area (Å²) < 4.78 is 5.36. The molecule has 4 heteroatoms. The van der Waals surface area contributed by atoms with Gasteiger partial charge in [0, 0.05) is 4.90 Å². The lowest BCUT2D eigenvalue weighted by molar-refractivity contribution is -0.116. The van der Waals surface area contributed by atoms with Crippen LogP contribution in [0.4, 0.5) is 0 Å². The average Bonchev–Trinajstić information content (AvgIpc) is 2.20. The number of hydrogen-bond donors (Lipinski definition) is 1. The maximum atomic E-state index is 11.2. The number of rotatable bonds is 4. The van der Waals surface area contributed by atoms with Gasteiger partial charge in [-0.15, -0.1) is 12.6 Å². The zero-order valence-corrected chi connectivity index (χ0v) is 11.1. The molecule has 0 bridgehead atoms. The van der Waals surface area contributed by atoms with Gasteiger partial charge in [-0.25, -0.2) is 0 Å². The maximum Gasteiger partial charge on any atom is 0.147 e. The SMILES string of the molecule is CCOc1ccc(C(Br)C(C)=O)cc1S. The maximum absolute atomic E-state index is 11.2. The lowest BCUT2D eigenvalue weighted by atomic mass is 10.1. The molecule has 0 aromatic heterocycles. The Morgan fingerprint density at radius 1 is 1.60 bits per heavy atom. The van der Waals surface area contributed by atoms with E-state index in [1.165, 1.54) is 0 Å². The van der Waals surface area contributed by atoms with Crippen LogP contribution in [0.5, 0.6) is 5.75 Å². The molecule has 82 valence electrons. The quantitative estimate of drug-likeness (QED) is 0.679. The lowest BCUT2D eigenvalue weighted by Crippen LogP contribution is -2.01. The van der Waals surface area contributed by atoms with Crippen LogP contribution in [0.25, 0.3) is 0 Å². The first-order valence-electron chi connectivity index (χ1n) is 4.66. The third kappa shape index (κ3) is 3.24. The number of carbonyl (C=O) groups is 1. The number of alkyl halides is 1. The number of hydrogen-bond acceptors (Lipinski definition) is 3. The van der Waals surface area contributed by atoms with Gasteiger partial charge in [-0.3, -0.25) is 4.79 Å². The number of Topliss-reactive ketones (excluding diaryl/α,β-unsaturated/α-hetero) is 1. The molecule has 15 heavy (non-hydrogen) atoms. The van der Waals surface area contributed by atoms with Crippen molar-refractivity contribution in [3.63, 3.8) is 0 Å². The Balaban J connectivity index is 2.95. The number of ketones is 1. The Bertz CT molecular complexity index is 366. The van der Waals surface area contributed by atoms with Crippen molar-refractivity contribution in [3.8, 4) is 5.75 Å². The van der Waals surface area contributed by atoms with Gasteiger partial charge in [0.2, 0.25) is 0 Å². The van der Waals surface area contributed by atoms with Crippen molar-refractivity contribution in [1.82, 2.24) is 0 Å². The molecule has 0 aliphatic rings. The van der Waals surface area contributed by atoms with Gasteiger partial charge in [-0.05, 0) is 31.5 Å². The number of thiol groups is 1. The van der Waals surface area contributed by atoms with E-state index in [0.29, 0.717) is 6.61 Å². The Hall–Kier alpha value is -0.480. The molecule has 0 N–H and O–H groups in total. The summed E-state index contributed by atoms with van der Waals surface area (Å²) in [6, 6.07) is 5.54. The molecule has 1 rings (SSSR count). The Morgan fingerprint density at radius 2 is 2.27 bits per heavy atom. The smallest absolute Gasteiger partial charge is 0.147 e. The fraction of sp³-hybridized carbons (Fsp3) is 0.364. The Labute approximate surface area is 104 Å². The predicted molar refractivity (Wildman–Crippen MR) is 67.2 cm³/mol. The molecule has 1 atom stereocenters. The highest BCUT2D eigenvalue weighted by molar-refractivity contribution is 9.09. The predicted octanol–water partition coefficient (Wildman–Crippen LogP) is 3.40. The minimum atomic E-state index is -0.265. The first-order chi connectivity index (χ1) is 7.06. The monoisotopic (exact) mass is 288 g/mol. The van der Waals surface area contributed by atoms with Crippen LogP contribution in [0, 0.1) is 0 Å². The van der Waals surface area contributed by atoms with E-state index >= 15 is 0 Å². The summed E-state index contributed by atoms with van der Waals surface area (Å²) in [4.78, 5) is 11.6. The van der Waals surface area contributed by atoms with Gasteiger partial charge in [0.1, 0.15) is 11.5 Å². The van der Waals surface area contributed by atoms with Gasteiger partial charge < -0.3 is 4.74 Å². The highest BCUT2D eigenvalue weighted by atomic mass is 79.9. The van der Waals surface area contributed by atoms with Crippen LogP contribution >= 0.6 is 28.6 Å². The molecule has 0 amide bonds. The standard InChI is InChI=1S/C11H13BrO2S/c1-3-14-9-5-4-8(6-10(9)15)11(12)7(2)13/h4-6,11,15H,3H2,1-2H3. The highest BCUT2D eigenvalue weighted by Gasteiger charge is 2.13. The van der Waals surface area contributed by atoms with Crippen LogP contribution in [0.15, 0.2) is 23.1 Å². The van der Waals surface area contributed by atoms with Crippen LogP contribution in [-0.4, -0.2) is 12.4 Å². The highest BCUT2D eigenvalue weighted by Crippen LogP contribution is 2.30. The lowest BCUT2D eigenvalue weighted by Gasteiger charge is -2.10.